The van der Waals surface area contributed by atoms with E-state index >= 15 is 0 Å². The summed E-state index contributed by atoms with van der Waals surface area (Å²) in [6.45, 7) is 3.55. The van der Waals surface area contributed by atoms with Gasteiger partial charge in [0, 0.05) is 5.69 Å². The fraction of sp³-hybridized carbons (Fsp3) is 0.200. The van der Waals surface area contributed by atoms with Crippen LogP contribution < -0.4 is 11.0 Å². The van der Waals surface area contributed by atoms with E-state index in [2.05, 4.69) is 21.4 Å². The maximum atomic E-state index is 12.3. The molecule has 0 bridgehead atoms. The Morgan fingerprint density at radius 2 is 2.04 bits per heavy atom. The zero-order valence-corrected chi connectivity index (χ0v) is 15.8. The van der Waals surface area contributed by atoms with Crippen molar-refractivity contribution in [3.8, 4) is 6.07 Å². The fourth-order valence-electron chi connectivity index (χ4n) is 2.77. The molecule has 0 spiro atoms. The summed E-state index contributed by atoms with van der Waals surface area (Å²) in [5, 5.41) is 14.7. The van der Waals surface area contributed by atoms with Gasteiger partial charge in [-0.2, -0.15) is 10.2 Å². The van der Waals surface area contributed by atoms with Crippen molar-refractivity contribution in [2.75, 3.05) is 5.75 Å². The number of aromatic amines is 1. The van der Waals surface area contributed by atoms with Crippen molar-refractivity contribution in [1.29, 1.82) is 5.26 Å². The summed E-state index contributed by atoms with van der Waals surface area (Å²) in [5.41, 5.74) is 1.22. The Bertz CT molecular complexity index is 1100. The standard InChI is InChI=1S/C20H18N4O2S/c1-12(15-8-7-14-5-3-4-6-16(14)9-15)22-18(25)11-27-19-17(10-21)13(2)23-20(26)24-19/h3-9,12H,11H2,1-2H3,(H,22,25)(H,23,24,26)/t12-/m1/s1. The Labute approximate surface area is 160 Å². The first-order chi connectivity index (χ1) is 13.0. The normalized spacial score (nSPS) is 11.7. The predicted molar refractivity (Wildman–Crippen MR) is 106 cm³/mol. The summed E-state index contributed by atoms with van der Waals surface area (Å²) in [6.07, 6.45) is 0. The summed E-state index contributed by atoms with van der Waals surface area (Å²) >= 11 is 1.08. The number of aromatic nitrogens is 2. The van der Waals surface area contributed by atoms with Gasteiger partial charge in [-0.1, -0.05) is 48.2 Å². The number of H-pyrrole nitrogens is 1. The van der Waals surface area contributed by atoms with Gasteiger partial charge in [-0.15, -0.1) is 0 Å². The molecule has 1 aromatic heterocycles. The molecule has 136 valence electrons. The summed E-state index contributed by atoms with van der Waals surface area (Å²) in [4.78, 5) is 30.1. The lowest BCUT2D eigenvalue weighted by Gasteiger charge is -2.15. The van der Waals surface area contributed by atoms with Gasteiger partial charge in [0.15, 0.2) is 0 Å². The molecule has 0 aliphatic rings. The number of nitrogens with zero attached hydrogens (tertiary/aromatic N) is 2. The third kappa shape index (κ3) is 4.36. The average Bonchev–Trinajstić information content (AvgIpc) is 2.65. The first kappa shape index (κ1) is 18.7. The van der Waals surface area contributed by atoms with Crippen LogP contribution in [0.1, 0.15) is 29.8 Å². The van der Waals surface area contributed by atoms with Crippen LogP contribution in [0.15, 0.2) is 52.3 Å². The van der Waals surface area contributed by atoms with Crippen molar-refractivity contribution in [2.24, 2.45) is 0 Å². The number of hydrogen-bond acceptors (Lipinski definition) is 5. The molecule has 7 heteroatoms. The zero-order chi connectivity index (χ0) is 19.4. The molecule has 2 aromatic carbocycles. The molecule has 6 nitrogen and oxygen atoms in total. The van der Waals surface area contributed by atoms with Crippen LogP contribution >= 0.6 is 11.8 Å². The molecule has 3 rings (SSSR count). The van der Waals surface area contributed by atoms with Crippen LogP contribution in [0.4, 0.5) is 0 Å². The maximum Gasteiger partial charge on any atom is 0.346 e. The lowest BCUT2D eigenvalue weighted by Crippen LogP contribution is -2.28. The second kappa shape index (κ2) is 8.06. The Morgan fingerprint density at radius 1 is 1.30 bits per heavy atom. The van der Waals surface area contributed by atoms with E-state index in [1.807, 2.05) is 49.4 Å². The first-order valence-electron chi connectivity index (χ1n) is 8.40. The van der Waals surface area contributed by atoms with Crippen molar-refractivity contribution >= 4 is 28.4 Å². The van der Waals surface area contributed by atoms with Crippen LogP contribution in [0, 0.1) is 18.3 Å². The minimum absolute atomic E-state index is 0.0719. The van der Waals surface area contributed by atoms with E-state index in [-0.39, 0.29) is 28.3 Å². The van der Waals surface area contributed by atoms with Crippen molar-refractivity contribution in [2.45, 2.75) is 24.9 Å². The monoisotopic (exact) mass is 378 g/mol. The number of amides is 1. The molecule has 0 aliphatic carbocycles. The van der Waals surface area contributed by atoms with E-state index < -0.39 is 5.69 Å². The molecule has 0 unspecified atom stereocenters. The first-order valence-corrected chi connectivity index (χ1v) is 9.38. The predicted octanol–water partition coefficient (Wildman–Crippen LogP) is 3.07. The Morgan fingerprint density at radius 3 is 2.78 bits per heavy atom. The van der Waals surface area contributed by atoms with E-state index in [1.54, 1.807) is 6.92 Å². The molecular weight excluding hydrogens is 360 g/mol. The molecule has 0 saturated heterocycles. The smallest absolute Gasteiger partial charge is 0.346 e. The van der Waals surface area contributed by atoms with Crippen LogP contribution in [0.5, 0.6) is 0 Å². The number of carbonyl (C=O) groups is 1. The van der Waals surface area contributed by atoms with Crippen molar-refractivity contribution in [1.82, 2.24) is 15.3 Å². The van der Waals surface area contributed by atoms with Gasteiger partial charge in [-0.3, -0.25) is 4.79 Å². The third-order valence-corrected chi connectivity index (χ3v) is 5.16. The molecule has 1 amide bonds. The molecule has 0 aliphatic heterocycles. The van der Waals surface area contributed by atoms with Crippen molar-refractivity contribution in [3.05, 3.63) is 69.8 Å². The minimum atomic E-state index is -0.529. The van der Waals surface area contributed by atoms with Gasteiger partial charge >= 0.3 is 5.69 Å². The minimum Gasteiger partial charge on any atom is -0.349 e. The van der Waals surface area contributed by atoms with Crippen LogP contribution in [0.2, 0.25) is 0 Å². The van der Waals surface area contributed by atoms with Gasteiger partial charge in [0.2, 0.25) is 5.91 Å². The van der Waals surface area contributed by atoms with E-state index in [4.69, 9.17) is 0 Å². The number of nitrogens with one attached hydrogen (secondary N) is 2. The summed E-state index contributed by atoms with van der Waals surface area (Å²) < 4.78 is 0. The highest BCUT2D eigenvalue weighted by atomic mass is 32.2. The summed E-state index contributed by atoms with van der Waals surface area (Å²) in [6, 6.07) is 16.0. The van der Waals surface area contributed by atoms with Crippen molar-refractivity contribution < 1.29 is 4.79 Å². The lowest BCUT2D eigenvalue weighted by atomic mass is 10.0. The van der Waals surface area contributed by atoms with Crippen molar-refractivity contribution in [3.63, 3.8) is 0 Å². The van der Waals surface area contributed by atoms with E-state index in [0.29, 0.717) is 5.69 Å². The zero-order valence-electron chi connectivity index (χ0n) is 14.9. The molecule has 2 N–H and O–H groups in total. The third-order valence-electron chi connectivity index (χ3n) is 4.19. The fourth-order valence-corrected chi connectivity index (χ4v) is 3.61. The summed E-state index contributed by atoms with van der Waals surface area (Å²) in [7, 11) is 0. The number of nitriles is 1. The van der Waals surface area contributed by atoms with Gasteiger partial charge in [0.1, 0.15) is 16.7 Å². The number of aryl methyl sites for hydroxylation is 1. The molecular formula is C20H18N4O2S. The largest absolute Gasteiger partial charge is 0.349 e. The topological polar surface area (TPSA) is 98.6 Å². The highest BCUT2D eigenvalue weighted by molar-refractivity contribution is 8.00. The molecule has 1 heterocycles. The van der Waals surface area contributed by atoms with Gasteiger partial charge in [-0.05, 0) is 36.2 Å². The highest BCUT2D eigenvalue weighted by Crippen LogP contribution is 2.22. The molecule has 3 aromatic rings. The van der Waals surface area contributed by atoms with Gasteiger partial charge in [0.25, 0.3) is 0 Å². The van der Waals surface area contributed by atoms with Gasteiger partial charge < -0.3 is 10.3 Å². The van der Waals surface area contributed by atoms with Gasteiger partial charge in [0.05, 0.1) is 11.8 Å². The number of thioether (sulfide) groups is 1. The van der Waals surface area contributed by atoms with E-state index in [0.717, 1.165) is 28.1 Å². The maximum absolute atomic E-state index is 12.3. The molecule has 0 fully saturated rings. The Balaban J connectivity index is 1.67. The second-order valence-electron chi connectivity index (χ2n) is 6.14. The van der Waals surface area contributed by atoms with Crippen LogP contribution in [-0.2, 0) is 4.79 Å². The number of carbonyl (C=O) groups excluding carboxylic acids is 1. The molecule has 1 atom stereocenters. The Kier molecular flexibility index (Phi) is 5.57. The quantitative estimate of drug-likeness (QED) is 0.525. The molecule has 0 saturated carbocycles. The number of fused-ring (bicyclic) bond motifs is 1. The average molecular weight is 378 g/mol. The second-order valence-corrected chi connectivity index (χ2v) is 7.11. The van der Waals surface area contributed by atoms with Crippen LogP contribution in [-0.4, -0.2) is 21.6 Å². The molecule has 27 heavy (non-hydrogen) atoms. The number of rotatable bonds is 5. The lowest BCUT2D eigenvalue weighted by molar-refractivity contribution is -0.119. The highest BCUT2D eigenvalue weighted by Gasteiger charge is 2.14. The van der Waals surface area contributed by atoms with Gasteiger partial charge in [-0.25, -0.2) is 4.79 Å². The van der Waals surface area contributed by atoms with Crippen LogP contribution in [0.3, 0.4) is 0 Å². The SMILES string of the molecule is Cc1[nH]c(=O)nc(SCC(=O)N[C@H](C)c2ccc3ccccc3c2)c1C#N. The summed E-state index contributed by atoms with van der Waals surface area (Å²) in [5.74, 6) is -0.119. The Hall–Kier alpha value is -3.11. The van der Waals surface area contributed by atoms with Crippen LogP contribution in [0.25, 0.3) is 10.8 Å². The number of benzene rings is 2. The number of hydrogen-bond donors (Lipinski definition) is 2. The van der Waals surface area contributed by atoms with E-state index in [1.165, 1.54) is 0 Å². The molecule has 0 radical (unpaired) electrons. The van der Waals surface area contributed by atoms with E-state index in [9.17, 15) is 14.9 Å².